The molecule has 0 aliphatic carbocycles. The standard InChI is InChI=1S/C48H92O6/c1-5-8-10-12-14-16-18-19-21-23-28-32-36-40-47(50)53-43-45(42-52-46(49)39-35-31-27-22-20-17-15-13-11-9-6-2)54-48(51)41-37-33-29-25-24-26-30-34-38-44(4)7-3/h44-45H,5-43H2,1-4H3/t44?,45-/m0/s1. The van der Waals surface area contributed by atoms with Gasteiger partial charge in [-0.25, -0.2) is 0 Å². The Kier molecular flexibility index (Phi) is 41.3. The molecule has 0 aromatic heterocycles. The summed E-state index contributed by atoms with van der Waals surface area (Å²) in [6.07, 6.45) is 42.2. The Balaban J connectivity index is 4.33. The number of esters is 3. The second kappa shape index (κ2) is 42.6. The van der Waals surface area contributed by atoms with Crippen molar-refractivity contribution < 1.29 is 28.6 Å². The molecule has 54 heavy (non-hydrogen) atoms. The van der Waals surface area contributed by atoms with Crippen molar-refractivity contribution in [1.29, 1.82) is 0 Å². The molecule has 0 saturated carbocycles. The van der Waals surface area contributed by atoms with E-state index in [1.165, 1.54) is 161 Å². The highest BCUT2D eigenvalue weighted by atomic mass is 16.6. The number of hydrogen-bond donors (Lipinski definition) is 0. The maximum absolute atomic E-state index is 12.7. The summed E-state index contributed by atoms with van der Waals surface area (Å²) in [4.78, 5) is 37.8. The molecule has 0 aliphatic rings. The third kappa shape index (κ3) is 40.1. The minimum Gasteiger partial charge on any atom is -0.462 e. The Morgan fingerprint density at radius 3 is 0.963 bits per heavy atom. The molecule has 0 fully saturated rings. The highest BCUT2D eigenvalue weighted by molar-refractivity contribution is 5.71. The summed E-state index contributed by atoms with van der Waals surface area (Å²) in [6, 6.07) is 0. The largest absolute Gasteiger partial charge is 0.462 e. The Hall–Kier alpha value is -1.59. The molecule has 0 spiro atoms. The molecule has 0 aromatic carbocycles. The molecular weight excluding hydrogens is 673 g/mol. The molecule has 0 bridgehead atoms. The van der Waals surface area contributed by atoms with Crippen molar-refractivity contribution in [3.8, 4) is 0 Å². The van der Waals surface area contributed by atoms with E-state index in [1.807, 2.05) is 0 Å². The number of carbonyl (C=O) groups is 3. The maximum Gasteiger partial charge on any atom is 0.306 e. The minimum atomic E-state index is -0.759. The zero-order chi connectivity index (χ0) is 39.6. The molecule has 0 radical (unpaired) electrons. The minimum absolute atomic E-state index is 0.0637. The molecule has 6 heteroatoms. The van der Waals surface area contributed by atoms with Gasteiger partial charge in [0.2, 0.25) is 0 Å². The average Bonchev–Trinajstić information content (AvgIpc) is 3.17. The Morgan fingerprint density at radius 2 is 0.648 bits per heavy atom. The first kappa shape index (κ1) is 52.4. The molecule has 2 atom stereocenters. The van der Waals surface area contributed by atoms with Crippen molar-refractivity contribution in [2.45, 2.75) is 271 Å². The molecule has 320 valence electrons. The van der Waals surface area contributed by atoms with Crippen LogP contribution in [0.5, 0.6) is 0 Å². The molecule has 0 aliphatic heterocycles. The van der Waals surface area contributed by atoms with E-state index < -0.39 is 6.10 Å². The van der Waals surface area contributed by atoms with Crippen LogP contribution >= 0.6 is 0 Å². The lowest BCUT2D eigenvalue weighted by Crippen LogP contribution is -2.30. The van der Waals surface area contributed by atoms with Gasteiger partial charge in [0.1, 0.15) is 13.2 Å². The van der Waals surface area contributed by atoms with Gasteiger partial charge in [0.05, 0.1) is 0 Å². The Labute approximate surface area is 336 Å². The normalized spacial score (nSPS) is 12.4. The number of unbranched alkanes of at least 4 members (excludes halogenated alkanes) is 29. The molecule has 0 aromatic rings. The summed E-state index contributed by atoms with van der Waals surface area (Å²) < 4.78 is 16.7. The van der Waals surface area contributed by atoms with Crippen LogP contribution < -0.4 is 0 Å². The van der Waals surface area contributed by atoms with Crippen LogP contribution in [0.15, 0.2) is 0 Å². The smallest absolute Gasteiger partial charge is 0.306 e. The average molecular weight is 765 g/mol. The Bertz CT molecular complexity index is 813. The van der Waals surface area contributed by atoms with Crippen LogP contribution in [0.3, 0.4) is 0 Å². The predicted octanol–water partition coefficient (Wildman–Crippen LogP) is 15.1. The second-order valence-electron chi connectivity index (χ2n) is 16.6. The van der Waals surface area contributed by atoms with E-state index >= 15 is 0 Å². The summed E-state index contributed by atoms with van der Waals surface area (Å²) >= 11 is 0. The zero-order valence-electron chi connectivity index (χ0n) is 36.7. The van der Waals surface area contributed by atoms with Crippen molar-refractivity contribution in [1.82, 2.24) is 0 Å². The highest BCUT2D eigenvalue weighted by Crippen LogP contribution is 2.17. The Morgan fingerprint density at radius 1 is 0.370 bits per heavy atom. The molecule has 0 N–H and O–H groups in total. The van der Waals surface area contributed by atoms with Gasteiger partial charge in [-0.3, -0.25) is 14.4 Å². The number of rotatable bonds is 43. The lowest BCUT2D eigenvalue weighted by molar-refractivity contribution is -0.167. The van der Waals surface area contributed by atoms with Crippen LogP contribution in [0.4, 0.5) is 0 Å². The van der Waals surface area contributed by atoms with Gasteiger partial charge >= 0.3 is 17.9 Å². The third-order valence-electron chi connectivity index (χ3n) is 11.2. The summed E-state index contributed by atoms with van der Waals surface area (Å²) in [5.74, 6) is -0.00739. The van der Waals surface area contributed by atoms with Crippen LogP contribution in [-0.4, -0.2) is 37.2 Å². The number of carbonyl (C=O) groups excluding carboxylic acids is 3. The first-order valence-electron chi connectivity index (χ1n) is 23.9. The summed E-state index contributed by atoms with van der Waals surface area (Å²) in [6.45, 7) is 9.00. The van der Waals surface area contributed by atoms with Crippen molar-refractivity contribution in [3.63, 3.8) is 0 Å². The monoisotopic (exact) mass is 765 g/mol. The first-order chi connectivity index (χ1) is 26.4. The fourth-order valence-electron chi connectivity index (χ4n) is 7.12. The summed E-state index contributed by atoms with van der Waals surface area (Å²) in [5.41, 5.74) is 0. The predicted molar refractivity (Wildman–Crippen MR) is 229 cm³/mol. The van der Waals surface area contributed by atoms with Gasteiger partial charge in [0.25, 0.3) is 0 Å². The molecule has 0 heterocycles. The fourth-order valence-corrected chi connectivity index (χ4v) is 7.12. The van der Waals surface area contributed by atoms with E-state index in [4.69, 9.17) is 14.2 Å². The van der Waals surface area contributed by atoms with E-state index in [2.05, 4.69) is 27.7 Å². The molecule has 6 nitrogen and oxygen atoms in total. The highest BCUT2D eigenvalue weighted by Gasteiger charge is 2.19. The molecule has 0 amide bonds. The van der Waals surface area contributed by atoms with Crippen molar-refractivity contribution in [2.75, 3.05) is 13.2 Å². The van der Waals surface area contributed by atoms with E-state index in [0.717, 1.165) is 63.7 Å². The van der Waals surface area contributed by atoms with Gasteiger partial charge in [0.15, 0.2) is 6.10 Å². The van der Waals surface area contributed by atoms with Gasteiger partial charge in [0, 0.05) is 19.3 Å². The SMILES string of the molecule is CCCCCCCCCCCCCCCC(=O)OC[C@H](COC(=O)CCCCCCCCCCCCC)OC(=O)CCCCCCCCCCC(C)CC. The van der Waals surface area contributed by atoms with E-state index in [9.17, 15) is 14.4 Å². The van der Waals surface area contributed by atoms with Gasteiger partial charge in [-0.05, 0) is 25.2 Å². The van der Waals surface area contributed by atoms with Gasteiger partial charge < -0.3 is 14.2 Å². The lowest BCUT2D eigenvalue weighted by Gasteiger charge is -2.18. The topological polar surface area (TPSA) is 78.9 Å². The fraction of sp³-hybridized carbons (Fsp3) is 0.938. The number of ether oxygens (including phenoxy) is 3. The zero-order valence-corrected chi connectivity index (χ0v) is 36.7. The maximum atomic E-state index is 12.7. The summed E-state index contributed by atoms with van der Waals surface area (Å²) in [7, 11) is 0. The van der Waals surface area contributed by atoms with Crippen LogP contribution in [0.2, 0.25) is 0 Å². The van der Waals surface area contributed by atoms with Gasteiger partial charge in [-0.1, -0.05) is 227 Å². The van der Waals surface area contributed by atoms with Crippen molar-refractivity contribution in [3.05, 3.63) is 0 Å². The lowest BCUT2D eigenvalue weighted by atomic mass is 9.99. The van der Waals surface area contributed by atoms with E-state index in [-0.39, 0.29) is 31.1 Å². The van der Waals surface area contributed by atoms with Crippen LogP contribution in [0.25, 0.3) is 0 Å². The quantitative estimate of drug-likeness (QED) is 0.0349. The van der Waals surface area contributed by atoms with Crippen molar-refractivity contribution >= 4 is 17.9 Å². The van der Waals surface area contributed by atoms with Crippen molar-refractivity contribution in [2.24, 2.45) is 5.92 Å². The second-order valence-corrected chi connectivity index (χ2v) is 16.6. The molecule has 0 saturated heterocycles. The van der Waals surface area contributed by atoms with Crippen LogP contribution in [0.1, 0.15) is 265 Å². The summed E-state index contributed by atoms with van der Waals surface area (Å²) in [5, 5.41) is 0. The van der Waals surface area contributed by atoms with E-state index in [0.29, 0.717) is 19.3 Å². The molecule has 0 rings (SSSR count). The van der Waals surface area contributed by atoms with Crippen LogP contribution in [-0.2, 0) is 28.6 Å². The molecular formula is C48H92O6. The number of hydrogen-bond acceptors (Lipinski definition) is 6. The third-order valence-corrected chi connectivity index (χ3v) is 11.2. The van der Waals surface area contributed by atoms with E-state index in [1.54, 1.807) is 0 Å². The first-order valence-corrected chi connectivity index (χ1v) is 23.9. The van der Waals surface area contributed by atoms with Crippen LogP contribution in [0, 0.1) is 5.92 Å². The molecule has 1 unspecified atom stereocenters. The van der Waals surface area contributed by atoms with Gasteiger partial charge in [-0.2, -0.15) is 0 Å². The van der Waals surface area contributed by atoms with Gasteiger partial charge in [-0.15, -0.1) is 0 Å².